The van der Waals surface area contributed by atoms with Crippen LogP contribution in [0.3, 0.4) is 0 Å². The third-order valence-electron chi connectivity index (χ3n) is 5.05. The van der Waals surface area contributed by atoms with Gasteiger partial charge in [-0.25, -0.2) is 8.42 Å². The van der Waals surface area contributed by atoms with Crippen molar-refractivity contribution in [2.24, 2.45) is 0 Å². The summed E-state index contributed by atoms with van der Waals surface area (Å²) in [5.74, 6) is 0. The molecule has 0 saturated carbocycles. The second-order valence-electron chi connectivity index (χ2n) is 7.75. The normalized spacial score (nSPS) is 14.0. The van der Waals surface area contributed by atoms with Crippen LogP contribution in [-0.2, 0) is 10.1 Å². The van der Waals surface area contributed by atoms with Crippen LogP contribution in [0.15, 0.2) is 0 Å². The lowest BCUT2D eigenvalue weighted by molar-refractivity contribution is -0.902. The molecule has 0 radical (unpaired) electrons. The Morgan fingerprint density at radius 2 is 1.12 bits per heavy atom. The van der Waals surface area contributed by atoms with Crippen molar-refractivity contribution in [1.29, 1.82) is 0 Å². The summed E-state index contributed by atoms with van der Waals surface area (Å²) in [5.41, 5.74) is 0. The van der Waals surface area contributed by atoms with Gasteiger partial charge in [-0.15, -0.1) is 0 Å². The minimum Gasteiger partial charge on any atom is -0.743 e. The van der Waals surface area contributed by atoms with Gasteiger partial charge in [-0.1, -0.05) is 78.1 Å². The number of hydrogen-bond acceptors (Lipinski definition) is 3. The first-order valence-corrected chi connectivity index (χ1v) is 11.5. The molecule has 0 aromatic heterocycles. The molecule has 4 nitrogen and oxygen atoms in total. The molecular formula is C19H41NO3S. The van der Waals surface area contributed by atoms with Gasteiger partial charge >= 0.3 is 0 Å². The molecule has 0 aliphatic carbocycles. The van der Waals surface area contributed by atoms with E-state index in [-0.39, 0.29) is 0 Å². The molecule has 0 aromatic carbocycles. The Labute approximate surface area is 151 Å². The van der Waals surface area contributed by atoms with Crippen LogP contribution >= 0.6 is 0 Å². The number of rotatable bonds is 16. The molecule has 5 heteroatoms. The van der Waals surface area contributed by atoms with E-state index in [4.69, 9.17) is 0 Å². The van der Waals surface area contributed by atoms with Gasteiger partial charge in [-0.2, -0.15) is 0 Å². The Kier molecular flexibility index (Phi) is 13.1. The molecular weight excluding hydrogens is 322 g/mol. The molecule has 24 heavy (non-hydrogen) atoms. The van der Waals surface area contributed by atoms with Crippen molar-refractivity contribution in [2.75, 3.05) is 20.6 Å². The summed E-state index contributed by atoms with van der Waals surface area (Å²) in [6, 6.07) is 0. The van der Waals surface area contributed by atoms with E-state index in [1.54, 1.807) is 6.92 Å². The van der Waals surface area contributed by atoms with Crippen LogP contribution < -0.4 is 0 Å². The lowest BCUT2D eigenvalue weighted by Crippen LogP contribution is -2.52. The van der Waals surface area contributed by atoms with Crippen molar-refractivity contribution in [3.8, 4) is 0 Å². The average molecular weight is 364 g/mol. The van der Waals surface area contributed by atoms with E-state index in [1.165, 1.54) is 64.2 Å². The van der Waals surface area contributed by atoms with Crippen LogP contribution in [0.1, 0.15) is 97.3 Å². The van der Waals surface area contributed by atoms with Crippen molar-refractivity contribution in [3.63, 3.8) is 0 Å². The van der Waals surface area contributed by atoms with E-state index in [9.17, 15) is 13.0 Å². The quantitative estimate of drug-likeness (QED) is 0.219. The van der Waals surface area contributed by atoms with Crippen LogP contribution in [-0.4, -0.2) is 43.5 Å². The Morgan fingerprint density at radius 3 is 1.46 bits per heavy atom. The van der Waals surface area contributed by atoms with Crippen LogP contribution in [0.5, 0.6) is 0 Å². The first kappa shape index (κ1) is 23.9. The molecule has 1 unspecified atom stereocenters. The highest BCUT2D eigenvalue weighted by atomic mass is 32.2. The van der Waals surface area contributed by atoms with Gasteiger partial charge in [-0.05, 0) is 12.8 Å². The zero-order valence-corrected chi connectivity index (χ0v) is 17.4. The summed E-state index contributed by atoms with van der Waals surface area (Å²) in [4.78, 5) is 0. The molecule has 0 heterocycles. The zero-order chi connectivity index (χ0) is 18.5. The van der Waals surface area contributed by atoms with Gasteiger partial charge < -0.3 is 9.04 Å². The maximum atomic E-state index is 11.4. The van der Waals surface area contributed by atoms with Gasteiger partial charge in [-0.3, -0.25) is 0 Å². The van der Waals surface area contributed by atoms with Gasteiger partial charge in [0.05, 0.1) is 20.6 Å². The molecule has 0 fully saturated rings. The molecule has 0 amide bonds. The predicted octanol–water partition coefficient (Wildman–Crippen LogP) is 5.05. The Hall–Kier alpha value is -0.130. The maximum Gasteiger partial charge on any atom is 0.178 e. The summed E-state index contributed by atoms with van der Waals surface area (Å²) in [6.45, 7) is 4.79. The maximum absolute atomic E-state index is 11.4. The van der Waals surface area contributed by atoms with Crippen LogP contribution in [0, 0.1) is 0 Å². The predicted molar refractivity (Wildman–Crippen MR) is 102 cm³/mol. The van der Waals surface area contributed by atoms with E-state index in [0.717, 1.165) is 19.4 Å². The van der Waals surface area contributed by atoms with E-state index >= 15 is 0 Å². The second kappa shape index (κ2) is 13.1. The first-order chi connectivity index (χ1) is 11.3. The van der Waals surface area contributed by atoms with Gasteiger partial charge in [0.25, 0.3) is 0 Å². The van der Waals surface area contributed by atoms with Crippen molar-refractivity contribution in [2.45, 2.75) is 103 Å². The molecule has 0 spiro atoms. The third-order valence-corrected chi connectivity index (χ3v) is 6.62. The number of unbranched alkanes of at least 4 members (excludes halogenated alkanes) is 11. The Bertz CT molecular complexity index is 393. The summed E-state index contributed by atoms with van der Waals surface area (Å²) >= 11 is 0. The van der Waals surface area contributed by atoms with E-state index in [0.29, 0.717) is 10.9 Å². The van der Waals surface area contributed by atoms with Crippen molar-refractivity contribution >= 4 is 10.1 Å². The van der Waals surface area contributed by atoms with E-state index < -0.39 is 15.5 Å². The lowest BCUT2D eigenvalue weighted by Gasteiger charge is -2.38. The molecule has 146 valence electrons. The van der Waals surface area contributed by atoms with Crippen molar-refractivity contribution in [3.05, 3.63) is 0 Å². The number of quaternary nitrogens is 1. The highest BCUT2D eigenvalue weighted by Crippen LogP contribution is 2.18. The van der Waals surface area contributed by atoms with E-state index in [2.05, 4.69) is 6.92 Å². The number of nitrogens with zero attached hydrogens (tertiary/aromatic N) is 1. The standard InChI is InChI=1S/C19H41NO3S/c1-5-7-8-9-10-11-12-13-14-15-16-17-18-20(3,4)19(6-2)24(21,22)23/h19H,5-18H2,1-4H3. The fraction of sp³-hybridized carbons (Fsp3) is 1.00. The molecule has 0 aromatic rings. The van der Waals surface area contributed by atoms with Gasteiger partial charge in [0.15, 0.2) is 5.37 Å². The van der Waals surface area contributed by atoms with Gasteiger partial charge in [0.2, 0.25) is 0 Å². The third kappa shape index (κ3) is 11.4. The zero-order valence-electron chi connectivity index (χ0n) is 16.6. The van der Waals surface area contributed by atoms with Crippen LogP contribution in [0.4, 0.5) is 0 Å². The van der Waals surface area contributed by atoms with Gasteiger partial charge in [0.1, 0.15) is 10.1 Å². The van der Waals surface area contributed by atoms with Gasteiger partial charge in [0, 0.05) is 6.42 Å². The first-order valence-electron chi connectivity index (χ1n) is 10.0. The summed E-state index contributed by atoms with van der Waals surface area (Å²) in [6.07, 6.45) is 15.9. The summed E-state index contributed by atoms with van der Waals surface area (Å²) in [7, 11) is -0.490. The minimum absolute atomic E-state index is 0.292. The molecule has 1 atom stereocenters. The Balaban J connectivity index is 3.65. The molecule has 0 aliphatic heterocycles. The molecule has 0 aliphatic rings. The van der Waals surface area contributed by atoms with Crippen LogP contribution in [0.25, 0.3) is 0 Å². The smallest absolute Gasteiger partial charge is 0.178 e. The minimum atomic E-state index is -4.22. The summed E-state index contributed by atoms with van der Waals surface area (Å²) < 4.78 is 34.4. The van der Waals surface area contributed by atoms with E-state index in [1.807, 2.05) is 14.1 Å². The highest BCUT2D eigenvalue weighted by Gasteiger charge is 2.31. The fourth-order valence-electron chi connectivity index (χ4n) is 3.55. The molecule has 0 bridgehead atoms. The largest absolute Gasteiger partial charge is 0.743 e. The molecule has 0 saturated heterocycles. The topological polar surface area (TPSA) is 57.2 Å². The second-order valence-corrected chi connectivity index (χ2v) is 9.28. The van der Waals surface area contributed by atoms with Crippen molar-refractivity contribution in [1.82, 2.24) is 0 Å². The lowest BCUT2D eigenvalue weighted by atomic mass is 10.1. The highest BCUT2D eigenvalue weighted by molar-refractivity contribution is 7.86. The fourth-order valence-corrected chi connectivity index (χ4v) is 4.76. The Morgan fingerprint density at radius 1 is 0.750 bits per heavy atom. The van der Waals surface area contributed by atoms with Crippen LogP contribution in [0.2, 0.25) is 0 Å². The number of hydrogen-bond donors (Lipinski definition) is 0. The monoisotopic (exact) mass is 363 g/mol. The molecule has 0 rings (SSSR count). The summed E-state index contributed by atoms with van der Waals surface area (Å²) in [5, 5.41) is -0.815. The average Bonchev–Trinajstić information content (AvgIpc) is 2.47. The molecule has 0 N–H and O–H groups in total. The SMILES string of the molecule is CCCCCCCCCCCCCC[N+](C)(C)C(CC)S(=O)(=O)[O-]. The van der Waals surface area contributed by atoms with Crippen molar-refractivity contribution < 1.29 is 17.5 Å².